The fourth-order valence-corrected chi connectivity index (χ4v) is 0.860. The van der Waals surface area contributed by atoms with Gasteiger partial charge in [0, 0.05) is 0 Å². The monoisotopic (exact) mass is 190 g/mol. The molecule has 4 heteroatoms. The van der Waals surface area contributed by atoms with E-state index in [0.29, 0.717) is 12.4 Å². The van der Waals surface area contributed by atoms with E-state index >= 15 is 0 Å². The Morgan fingerprint density at radius 1 is 1.38 bits per heavy atom. The Kier molecular flexibility index (Phi) is 5.79. The van der Waals surface area contributed by atoms with Crippen molar-refractivity contribution < 1.29 is 14.6 Å². The molecule has 0 saturated heterocycles. The van der Waals surface area contributed by atoms with E-state index in [1.807, 2.05) is 6.92 Å². The Morgan fingerprint density at radius 2 is 1.92 bits per heavy atom. The molecular weight excluding hydrogens is 179 g/mol. The van der Waals surface area contributed by atoms with E-state index in [9.17, 15) is 4.79 Å². The first-order valence-corrected chi connectivity index (χ1v) is 3.70. The molecule has 0 fully saturated rings. The minimum absolute atomic E-state index is 0. The van der Waals surface area contributed by atoms with Gasteiger partial charge in [-0.3, -0.25) is 0 Å². The second kappa shape index (κ2) is 6.02. The summed E-state index contributed by atoms with van der Waals surface area (Å²) in [7, 11) is 0. The Hall–Kier alpha value is -0.510. The van der Waals surface area contributed by atoms with Crippen LogP contribution >= 0.6 is 0 Å². The van der Waals surface area contributed by atoms with Gasteiger partial charge >= 0.3 is 35.5 Å². The molecule has 0 radical (unpaired) electrons. The van der Waals surface area contributed by atoms with Crippen LogP contribution < -0.4 is 4.74 Å². The van der Waals surface area contributed by atoms with Crippen LogP contribution in [0.4, 0.5) is 0 Å². The molecule has 0 spiro atoms. The van der Waals surface area contributed by atoms with Gasteiger partial charge in [0.15, 0.2) is 0 Å². The van der Waals surface area contributed by atoms with E-state index in [-0.39, 0.29) is 35.1 Å². The summed E-state index contributed by atoms with van der Waals surface area (Å²) in [6.07, 6.45) is 0. The standard InChI is InChI=1S/C9H10O3.Na.H/c1-2-12-8-5-3-7(4-6-8)9(10)11;;/h3-6H,2H2,1H3,(H,10,11);;. The minimum atomic E-state index is -0.918. The molecule has 3 nitrogen and oxygen atoms in total. The van der Waals surface area contributed by atoms with E-state index < -0.39 is 5.97 Å². The summed E-state index contributed by atoms with van der Waals surface area (Å²) in [6.45, 7) is 2.47. The van der Waals surface area contributed by atoms with E-state index in [0.717, 1.165) is 0 Å². The summed E-state index contributed by atoms with van der Waals surface area (Å²) in [4.78, 5) is 10.4. The molecule has 0 saturated carbocycles. The first-order valence-electron chi connectivity index (χ1n) is 3.70. The molecule has 1 N–H and O–H groups in total. The van der Waals surface area contributed by atoms with Crippen LogP contribution in [0.5, 0.6) is 5.75 Å². The molecule has 0 aliphatic carbocycles. The van der Waals surface area contributed by atoms with E-state index in [1.165, 1.54) is 12.1 Å². The average Bonchev–Trinajstić information content (AvgIpc) is 2.06. The Labute approximate surface area is 99.0 Å². The number of carboxylic acid groups (broad SMARTS) is 1. The van der Waals surface area contributed by atoms with E-state index in [2.05, 4.69) is 0 Å². The normalized spacial score (nSPS) is 8.69. The van der Waals surface area contributed by atoms with Crippen molar-refractivity contribution in [2.24, 2.45) is 0 Å². The second-order valence-corrected chi connectivity index (χ2v) is 2.26. The van der Waals surface area contributed by atoms with Gasteiger partial charge in [-0.2, -0.15) is 0 Å². The zero-order valence-corrected chi connectivity index (χ0v) is 6.78. The van der Waals surface area contributed by atoms with Gasteiger partial charge in [-0.25, -0.2) is 4.79 Å². The molecular formula is C9H11NaO3. The average molecular weight is 190 g/mol. The molecule has 0 amide bonds. The van der Waals surface area contributed by atoms with Crippen LogP contribution in [0.1, 0.15) is 17.3 Å². The Morgan fingerprint density at radius 3 is 2.31 bits per heavy atom. The predicted molar refractivity (Wildman–Crippen MR) is 51.7 cm³/mol. The van der Waals surface area contributed by atoms with Crippen LogP contribution in [0.15, 0.2) is 24.3 Å². The first kappa shape index (κ1) is 12.5. The number of rotatable bonds is 3. The molecule has 1 aromatic carbocycles. The van der Waals surface area contributed by atoms with Gasteiger partial charge in [-0.1, -0.05) is 0 Å². The predicted octanol–water partition coefficient (Wildman–Crippen LogP) is 1.13. The molecule has 0 atom stereocenters. The number of carboxylic acids is 1. The number of hydrogen-bond donors (Lipinski definition) is 1. The van der Waals surface area contributed by atoms with Crippen molar-refractivity contribution >= 4 is 35.5 Å². The van der Waals surface area contributed by atoms with Crippen LogP contribution in [0.25, 0.3) is 0 Å². The summed E-state index contributed by atoms with van der Waals surface area (Å²) in [5.74, 6) is -0.222. The summed E-state index contributed by atoms with van der Waals surface area (Å²) < 4.78 is 5.15. The topological polar surface area (TPSA) is 46.5 Å². The third-order valence-electron chi connectivity index (χ3n) is 1.41. The van der Waals surface area contributed by atoms with Gasteiger partial charge < -0.3 is 9.84 Å². The van der Waals surface area contributed by atoms with Crippen molar-refractivity contribution in [1.82, 2.24) is 0 Å². The van der Waals surface area contributed by atoms with E-state index in [4.69, 9.17) is 9.84 Å². The molecule has 0 unspecified atom stereocenters. The zero-order chi connectivity index (χ0) is 8.97. The van der Waals surface area contributed by atoms with Crippen molar-refractivity contribution in [3.63, 3.8) is 0 Å². The molecule has 0 aliphatic heterocycles. The summed E-state index contributed by atoms with van der Waals surface area (Å²) >= 11 is 0. The summed E-state index contributed by atoms with van der Waals surface area (Å²) in [6, 6.07) is 6.33. The van der Waals surface area contributed by atoms with Crippen LogP contribution in [0.3, 0.4) is 0 Å². The van der Waals surface area contributed by atoms with E-state index in [1.54, 1.807) is 12.1 Å². The van der Waals surface area contributed by atoms with Crippen molar-refractivity contribution in [3.8, 4) is 5.75 Å². The zero-order valence-electron chi connectivity index (χ0n) is 6.78. The number of carbonyl (C=O) groups is 1. The molecule has 66 valence electrons. The fraction of sp³-hybridized carbons (Fsp3) is 0.222. The van der Waals surface area contributed by atoms with Crippen LogP contribution in [-0.4, -0.2) is 47.2 Å². The van der Waals surface area contributed by atoms with Crippen molar-refractivity contribution in [2.75, 3.05) is 6.61 Å². The van der Waals surface area contributed by atoms with Crippen molar-refractivity contribution in [1.29, 1.82) is 0 Å². The number of ether oxygens (including phenoxy) is 1. The molecule has 0 aliphatic rings. The molecule has 0 aromatic heterocycles. The number of benzene rings is 1. The van der Waals surface area contributed by atoms with Crippen molar-refractivity contribution in [2.45, 2.75) is 6.92 Å². The Bertz CT molecular complexity index is 269. The molecule has 1 rings (SSSR count). The van der Waals surface area contributed by atoms with Gasteiger partial charge in [0.2, 0.25) is 0 Å². The van der Waals surface area contributed by atoms with Crippen LogP contribution in [-0.2, 0) is 0 Å². The van der Waals surface area contributed by atoms with Gasteiger partial charge in [-0.15, -0.1) is 0 Å². The third kappa shape index (κ3) is 3.81. The first-order chi connectivity index (χ1) is 5.74. The maximum absolute atomic E-state index is 10.4. The molecule has 13 heavy (non-hydrogen) atoms. The molecule has 0 heterocycles. The Balaban J connectivity index is 0.00000144. The van der Waals surface area contributed by atoms with Crippen LogP contribution in [0, 0.1) is 0 Å². The van der Waals surface area contributed by atoms with Gasteiger partial charge in [-0.05, 0) is 31.2 Å². The molecule has 0 bridgehead atoms. The van der Waals surface area contributed by atoms with Gasteiger partial charge in [0.1, 0.15) is 5.75 Å². The summed E-state index contributed by atoms with van der Waals surface area (Å²) in [5.41, 5.74) is 0.276. The van der Waals surface area contributed by atoms with Crippen LogP contribution in [0.2, 0.25) is 0 Å². The third-order valence-corrected chi connectivity index (χ3v) is 1.41. The fourth-order valence-electron chi connectivity index (χ4n) is 0.860. The van der Waals surface area contributed by atoms with Crippen molar-refractivity contribution in [3.05, 3.63) is 29.8 Å². The summed E-state index contributed by atoms with van der Waals surface area (Å²) in [5, 5.41) is 8.56. The number of aromatic carboxylic acids is 1. The maximum atomic E-state index is 10.4. The number of hydrogen-bond acceptors (Lipinski definition) is 2. The quantitative estimate of drug-likeness (QED) is 0.727. The SMILES string of the molecule is CCOc1ccc(C(=O)O)cc1.[NaH]. The molecule has 1 aromatic rings. The van der Waals surface area contributed by atoms with Gasteiger partial charge in [0.25, 0.3) is 0 Å². The van der Waals surface area contributed by atoms with Gasteiger partial charge in [0.05, 0.1) is 12.2 Å². The second-order valence-electron chi connectivity index (χ2n) is 2.26.